The summed E-state index contributed by atoms with van der Waals surface area (Å²) in [5.41, 5.74) is 1.97. The number of nitrogens with zero attached hydrogens (tertiary/aromatic N) is 1. The predicted octanol–water partition coefficient (Wildman–Crippen LogP) is 2.24. The van der Waals surface area contributed by atoms with Crippen LogP contribution >= 0.6 is 0 Å². The third kappa shape index (κ3) is 3.77. The van der Waals surface area contributed by atoms with Crippen LogP contribution in [0.1, 0.15) is 30.0 Å². The molecular formula is C20H25N2O2+. The van der Waals surface area contributed by atoms with Gasteiger partial charge in [0, 0.05) is 24.6 Å². The molecule has 0 saturated carbocycles. The van der Waals surface area contributed by atoms with Gasteiger partial charge in [0.1, 0.15) is 17.5 Å². The zero-order valence-corrected chi connectivity index (χ0v) is 14.1. The van der Waals surface area contributed by atoms with Gasteiger partial charge in [0.15, 0.2) is 0 Å². The summed E-state index contributed by atoms with van der Waals surface area (Å²) >= 11 is 0. The lowest BCUT2D eigenvalue weighted by Crippen LogP contribution is -3.10. The fraction of sp³-hybridized carbons (Fsp3) is 0.350. The van der Waals surface area contributed by atoms with Crippen molar-refractivity contribution in [3.63, 3.8) is 0 Å². The van der Waals surface area contributed by atoms with Gasteiger partial charge in [-0.3, -0.25) is 4.99 Å². The number of phenols is 1. The standard InChI is InChI=1S/C20H24N2O2/c1-24-20-11-5-3-9-17(20)18(22-12-6-7-13-22)15-21-14-16-8-2-4-10-19(16)23/h2-5,8-11,14,18,23H,6-7,12-13,15H2,1H3/p+1/t18-/m1/s1. The summed E-state index contributed by atoms with van der Waals surface area (Å²) in [7, 11) is 1.72. The van der Waals surface area contributed by atoms with Crippen LogP contribution < -0.4 is 9.64 Å². The average molecular weight is 325 g/mol. The van der Waals surface area contributed by atoms with Crippen molar-refractivity contribution in [3.8, 4) is 11.5 Å². The first-order chi connectivity index (χ1) is 11.8. The van der Waals surface area contributed by atoms with Crippen LogP contribution in [0.3, 0.4) is 0 Å². The molecule has 0 aromatic heterocycles. The van der Waals surface area contributed by atoms with Crippen molar-refractivity contribution >= 4 is 6.21 Å². The maximum absolute atomic E-state index is 9.87. The van der Waals surface area contributed by atoms with Crippen LogP contribution in [0.5, 0.6) is 11.5 Å². The summed E-state index contributed by atoms with van der Waals surface area (Å²) in [6.07, 6.45) is 4.31. The molecule has 2 aromatic carbocycles. The highest BCUT2D eigenvalue weighted by molar-refractivity contribution is 5.83. The van der Waals surface area contributed by atoms with Crippen LogP contribution in [0.4, 0.5) is 0 Å². The highest BCUT2D eigenvalue weighted by Crippen LogP contribution is 2.24. The smallest absolute Gasteiger partial charge is 0.136 e. The van der Waals surface area contributed by atoms with Gasteiger partial charge < -0.3 is 14.7 Å². The van der Waals surface area contributed by atoms with Gasteiger partial charge in [-0.2, -0.15) is 0 Å². The molecule has 0 aliphatic carbocycles. The monoisotopic (exact) mass is 325 g/mol. The van der Waals surface area contributed by atoms with Crippen molar-refractivity contribution in [3.05, 3.63) is 59.7 Å². The van der Waals surface area contributed by atoms with E-state index >= 15 is 0 Å². The summed E-state index contributed by atoms with van der Waals surface area (Å²) in [6, 6.07) is 15.8. The number of rotatable bonds is 6. The number of hydrogen-bond donors (Lipinski definition) is 2. The number of methoxy groups -OCH3 is 1. The number of quaternary nitrogens is 1. The first-order valence-corrected chi connectivity index (χ1v) is 8.55. The van der Waals surface area contributed by atoms with Crippen LogP contribution in [0.2, 0.25) is 0 Å². The molecule has 2 N–H and O–H groups in total. The van der Waals surface area contributed by atoms with E-state index in [0.717, 1.165) is 11.3 Å². The molecule has 1 aliphatic heterocycles. The van der Waals surface area contributed by atoms with E-state index in [1.165, 1.54) is 31.5 Å². The second-order valence-corrected chi connectivity index (χ2v) is 6.21. The number of ether oxygens (including phenoxy) is 1. The van der Waals surface area contributed by atoms with Crippen LogP contribution in [-0.2, 0) is 0 Å². The molecule has 1 atom stereocenters. The Labute approximate surface area is 143 Å². The fourth-order valence-electron chi connectivity index (χ4n) is 3.43. The molecule has 1 aliphatic rings. The summed E-state index contributed by atoms with van der Waals surface area (Å²) < 4.78 is 5.56. The van der Waals surface area contributed by atoms with E-state index in [1.54, 1.807) is 24.3 Å². The Morgan fingerprint density at radius 1 is 1.12 bits per heavy atom. The van der Waals surface area contributed by atoms with E-state index in [0.29, 0.717) is 6.54 Å². The molecule has 4 nitrogen and oxygen atoms in total. The zero-order valence-electron chi connectivity index (χ0n) is 14.1. The van der Waals surface area contributed by atoms with Crippen LogP contribution in [0, 0.1) is 0 Å². The van der Waals surface area contributed by atoms with Crippen molar-refractivity contribution in [2.45, 2.75) is 18.9 Å². The first-order valence-electron chi connectivity index (χ1n) is 8.55. The molecule has 1 heterocycles. The van der Waals surface area contributed by atoms with Gasteiger partial charge in [0.05, 0.1) is 32.3 Å². The van der Waals surface area contributed by atoms with Gasteiger partial charge >= 0.3 is 0 Å². The Kier molecular flexibility index (Phi) is 5.49. The number of hydrogen-bond acceptors (Lipinski definition) is 3. The van der Waals surface area contributed by atoms with E-state index < -0.39 is 0 Å². The Morgan fingerprint density at radius 3 is 2.58 bits per heavy atom. The van der Waals surface area contributed by atoms with Crippen molar-refractivity contribution in [1.29, 1.82) is 0 Å². The number of phenolic OH excluding ortho intramolecular Hbond substituents is 1. The summed E-state index contributed by atoms with van der Waals surface area (Å²) in [5, 5.41) is 9.87. The summed E-state index contributed by atoms with van der Waals surface area (Å²) in [5.74, 6) is 1.20. The molecule has 1 saturated heterocycles. The van der Waals surface area contributed by atoms with Gasteiger partial charge in [-0.15, -0.1) is 0 Å². The first kappa shape index (κ1) is 16.5. The zero-order chi connectivity index (χ0) is 16.8. The Bertz CT molecular complexity index is 694. The van der Waals surface area contributed by atoms with E-state index in [2.05, 4.69) is 17.1 Å². The number of benzene rings is 2. The molecule has 126 valence electrons. The normalized spacial score (nSPS) is 16.5. The Balaban J connectivity index is 1.82. The predicted molar refractivity (Wildman–Crippen MR) is 96.2 cm³/mol. The van der Waals surface area contributed by atoms with E-state index in [4.69, 9.17) is 4.74 Å². The van der Waals surface area contributed by atoms with Crippen LogP contribution in [0.25, 0.3) is 0 Å². The highest BCUT2D eigenvalue weighted by atomic mass is 16.5. The van der Waals surface area contributed by atoms with Crippen molar-refractivity contribution in [2.24, 2.45) is 4.99 Å². The molecule has 4 heteroatoms. The van der Waals surface area contributed by atoms with Crippen molar-refractivity contribution < 1.29 is 14.7 Å². The van der Waals surface area contributed by atoms with E-state index in [9.17, 15) is 5.11 Å². The van der Waals surface area contributed by atoms with Gasteiger partial charge in [0.25, 0.3) is 0 Å². The molecule has 0 unspecified atom stereocenters. The largest absolute Gasteiger partial charge is 0.507 e. The Hall–Kier alpha value is -2.33. The van der Waals surface area contributed by atoms with Crippen LogP contribution in [0.15, 0.2) is 53.5 Å². The number of aliphatic imine (C=N–C) groups is 1. The average Bonchev–Trinajstić information content (AvgIpc) is 3.14. The third-order valence-electron chi connectivity index (χ3n) is 4.71. The maximum atomic E-state index is 9.87. The summed E-state index contributed by atoms with van der Waals surface area (Å²) in [4.78, 5) is 6.20. The number of nitrogens with one attached hydrogen (secondary N) is 1. The number of aromatic hydroxyl groups is 1. The minimum atomic E-state index is 0.267. The number of para-hydroxylation sites is 2. The van der Waals surface area contributed by atoms with Gasteiger partial charge in [0.2, 0.25) is 0 Å². The quantitative estimate of drug-likeness (QED) is 0.800. The van der Waals surface area contributed by atoms with Gasteiger partial charge in [-0.25, -0.2) is 0 Å². The topological polar surface area (TPSA) is 46.3 Å². The minimum absolute atomic E-state index is 0.267. The lowest BCUT2D eigenvalue weighted by Gasteiger charge is -2.25. The molecule has 3 rings (SSSR count). The van der Waals surface area contributed by atoms with Crippen molar-refractivity contribution in [2.75, 3.05) is 26.7 Å². The minimum Gasteiger partial charge on any atom is -0.507 e. The molecule has 1 fully saturated rings. The molecule has 2 aromatic rings. The molecule has 0 spiro atoms. The third-order valence-corrected chi connectivity index (χ3v) is 4.71. The highest BCUT2D eigenvalue weighted by Gasteiger charge is 2.29. The maximum Gasteiger partial charge on any atom is 0.136 e. The fourth-order valence-corrected chi connectivity index (χ4v) is 3.43. The molecular weight excluding hydrogens is 300 g/mol. The molecule has 0 bridgehead atoms. The SMILES string of the molecule is COc1ccccc1[C@@H](CN=Cc1ccccc1O)[NH+]1CCCC1. The van der Waals surface area contributed by atoms with Crippen molar-refractivity contribution in [1.82, 2.24) is 0 Å². The molecule has 24 heavy (non-hydrogen) atoms. The Morgan fingerprint density at radius 2 is 1.83 bits per heavy atom. The lowest BCUT2D eigenvalue weighted by atomic mass is 10.0. The van der Waals surface area contributed by atoms with Gasteiger partial charge in [-0.05, 0) is 24.3 Å². The summed E-state index contributed by atoms with van der Waals surface area (Å²) in [6.45, 7) is 3.04. The second-order valence-electron chi connectivity index (χ2n) is 6.21. The molecule has 0 radical (unpaired) electrons. The second kappa shape index (κ2) is 7.97. The van der Waals surface area contributed by atoms with Gasteiger partial charge in [-0.1, -0.05) is 24.3 Å². The number of likely N-dealkylation sites (tertiary alicyclic amines) is 1. The van der Waals surface area contributed by atoms with E-state index in [1.807, 2.05) is 30.3 Å². The van der Waals surface area contributed by atoms with E-state index in [-0.39, 0.29) is 11.8 Å². The lowest BCUT2D eigenvalue weighted by molar-refractivity contribution is -0.918. The van der Waals surface area contributed by atoms with Crippen LogP contribution in [-0.4, -0.2) is 38.1 Å². The molecule has 0 amide bonds.